The summed E-state index contributed by atoms with van der Waals surface area (Å²) >= 11 is 0. The topological polar surface area (TPSA) is 64.7 Å². The van der Waals surface area contributed by atoms with Gasteiger partial charge in [-0.05, 0) is 56.7 Å². The number of hydrogen-bond acceptors (Lipinski definition) is 4. The first-order chi connectivity index (χ1) is 14.3. The van der Waals surface area contributed by atoms with Crippen molar-refractivity contribution in [3.05, 3.63) is 48.6 Å². The summed E-state index contributed by atoms with van der Waals surface area (Å²) in [7, 11) is 1.92. The highest BCUT2D eigenvalue weighted by molar-refractivity contribution is 5.83. The molecule has 3 aromatic heterocycles. The van der Waals surface area contributed by atoms with Crippen molar-refractivity contribution in [1.82, 2.24) is 24.3 Å². The highest BCUT2D eigenvalue weighted by Crippen LogP contribution is 2.43. The van der Waals surface area contributed by atoms with E-state index in [4.69, 9.17) is 4.74 Å². The standard InChI is InChI=1S/C23H27N5O2/c1-23(2,3)30-22(29)27-12-16-7-15(8-17(16)13-27)20-9-18(19-10-25-26(4)11-19)14-28-21(20)5-6-24-28/h5-7,9-11,14,16-17H,8,12-13H2,1-4H3. The molecule has 1 amide bonds. The second-order valence-electron chi connectivity index (χ2n) is 9.41. The van der Waals surface area contributed by atoms with Crippen LogP contribution in [-0.2, 0) is 11.8 Å². The van der Waals surface area contributed by atoms with Gasteiger partial charge in [0.05, 0.1) is 11.7 Å². The van der Waals surface area contributed by atoms with E-state index in [1.54, 1.807) is 0 Å². The molecular weight excluding hydrogens is 378 g/mol. The van der Waals surface area contributed by atoms with E-state index in [0.717, 1.165) is 36.2 Å². The molecule has 0 saturated carbocycles. The molecule has 7 nitrogen and oxygen atoms in total. The number of likely N-dealkylation sites (tertiary alicyclic amines) is 1. The van der Waals surface area contributed by atoms with Gasteiger partial charge < -0.3 is 9.64 Å². The Kier molecular flexibility index (Phi) is 4.24. The molecule has 1 saturated heterocycles. The van der Waals surface area contributed by atoms with Gasteiger partial charge in [-0.2, -0.15) is 10.2 Å². The molecule has 156 valence electrons. The fourth-order valence-corrected chi connectivity index (χ4v) is 4.60. The van der Waals surface area contributed by atoms with Crippen molar-refractivity contribution in [1.29, 1.82) is 0 Å². The van der Waals surface area contributed by atoms with E-state index < -0.39 is 5.60 Å². The number of fused-ring (bicyclic) bond motifs is 2. The zero-order valence-corrected chi connectivity index (χ0v) is 17.9. The second-order valence-corrected chi connectivity index (χ2v) is 9.41. The molecule has 1 aliphatic heterocycles. The molecule has 5 rings (SSSR count). The quantitative estimate of drug-likeness (QED) is 0.646. The fourth-order valence-electron chi connectivity index (χ4n) is 4.60. The van der Waals surface area contributed by atoms with Crippen molar-refractivity contribution in [3.63, 3.8) is 0 Å². The van der Waals surface area contributed by atoms with Crippen LogP contribution in [0.3, 0.4) is 0 Å². The molecule has 30 heavy (non-hydrogen) atoms. The zero-order chi connectivity index (χ0) is 21.0. The second kappa shape index (κ2) is 6.72. The Balaban J connectivity index is 1.43. The van der Waals surface area contributed by atoms with Gasteiger partial charge in [0.1, 0.15) is 5.60 Å². The molecule has 0 N–H and O–H groups in total. The van der Waals surface area contributed by atoms with E-state index in [9.17, 15) is 4.79 Å². The van der Waals surface area contributed by atoms with Crippen LogP contribution < -0.4 is 0 Å². The van der Waals surface area contributed by atoms with Gasteiger partial charge in [-0.3, -0.25) is 4.68 Å². The van der Waals surface area contributed by atoms with E-state index in [2.05, 4.69) is 34.6 Å². The summed E-state index contributed by atoms with van der Waals surface area (Å²) in [6, 6.07) is 4.30. The molecule has 1 aliphatic carbocycles. The Labute approximate surface area is 175 Å². The number of aromatic nitrogens is 4. The number of rotatable bonds is 2. The molecule has 4 heterocycles. The van der Waals surface area contributed by atoms with Crippen LogP contribution in [0.25, 0.3) is 22.2 Å². The van der Waals surface area contributed by atoms with Crippen molar-refractivity contribution in [2.45, 2.75) is 32.8 Å². The summed E-state index contributed by atoms with van der Waals surface area (Å²) in [5.74, 6) is 0.815. The number of nitrogens with zero attached hydrogens (tertiary/aromatic N) is 5. The van der Waals surface area contributed by atoms with Crippen LogP contribution in [0.2, 0.25) is 0 Å². The van der Waals surface area contributed by atoms with Crippen molar-refractivity contribution in [2.75, 3.05) is 13.1 Å². The van der Waals surface area contributed by atoms with Gasteiger partial charge in [-0.15, -0.1) is 0 Å². The van der Waals surface area contributed by atoms with E-state index in [1.165, 1.54) is 11.1 Å². The summed E-state index contributed by atoms with van der Waals surface area (Å²) in [6.45, 7) is 7.20. The monoisotopic (exact) mass is 405 g/mol. The zero-order valence-electron chi connectivity index (χ0n) is 17.9. The molecule has 2 unspecified atom stereocenters. The Morgan fingerprint density at radius 1 is 1.17 bits per heavy atom. The Hall–Kier alpha value is -3.09. The smallest absolute Gasteiger partial charge is 0.410 e. The predicted molar refractivity (Wildman–Crippen MR) is 115 cm³/mol. The SMILES string of the molecule is Cn1cc(-c2cc(C3=CC4CN(C(=O)OC(C)(C)C)CC4C3)c3ccnn3c2)cn1. The molecule has 0 bridgehead atoms. The number of carbonyl (C=O) groups is 1. The van der Waals surface area contributed by atoms with Crippen molar-refractivity contribution in [2.24, 2.45) is 18.9 Å². The van der Waals surface area contributed by atoms with E-state index in [1.807, 2.05) is 60.5 Å². The van der Waals surface area contributed by atoms with Crippen molar-refractivity contribution < 1.29 is 9.53 Å². The van der Waals surface area contributed by atoms with Gasteiger partial charge in [0.25, 0.3) is 0 Å². The van der Waals surface area contributed by atoms with Crippen LogP contribution in [0.5, 0.6) is 0 Å². The van der Waals surface area contributed by atoms with Crippen LogP contribution >= 0.6 is 0 Å². The summed E-state index contributed by atoms with van der Waals surface area (Å²) in [6.07, 6.45) is 10.9. The summed E-state index contributed by atoms with van der Waals surface area (Å²) < 4.78 is 9.32. The first kappa shape index (κ1) is 18.9. The molecule has 1 fully saturated rings. The molecular formula is C23H27N5O2. The lowest BCUT2D eigenvalue weighted by molar-refractivity contribution is 0.0285. The van der Waals surface area contributed by atoms with Crippen LogP contribution in [0.4, 0.5) is 4.79 Å². The maximum Gasteiger partial charge on any atom is 0.410 e. The van der Waals surface area contributed by atoms with Crippen LogP contribution in [0, 0.1) is 11.8 Å². The van der Waals surface area contributed by atoms with Gasteiger partial charge in [0.2, 0.25) is 0 Å². The summed E-state index contributed by atoms with van der Waals surface area (Å²) in [5, 5.41) is 8.79. The minimum absolute atomic E-state index is 0.205. The Morgan fingerprint density at radius 2 is 2.00 bits per heavy atom. The van der Waals surface area contributed by atoms with Gasteiger partial charge in [-0.25, -0.2) is 9.31 Å². The van der Waals surface area contributed by atoms with Crippen LogP contribution in [0.15, 0.2) is 43.0 Å². The number of hydrogen-bond donors (Lipinski definition) is 0. The number of aryl methyl sites for hydroxylation is 1. The Bertz CT molecular complexity index is 1150. The lowest BCUT2D eigenvalue weighted by Gasteiger charge is -2.24. The molecule has 2 atom stereocenters. The van der Waals surface area contributed by atoms with Crippen LogP contribution in [0.1, 0.15) is 32.8 Å². The first-order valence-corrected chi connectivity index (χ1v) is 10.4. The van der Waals surface area contributed by atoms with Gasteiger partial charge in [-0.1, -0.05) is 6.08 Å². The fraction of sp³-hybridized carbons (Fsp3) is 0.435. The highest BCUT2D eigenvalue weighted by atomic mass is 16.6. The van der Waals surface area contributed by atoms with E-state index in [0.29, 0.717) is 11.8 Å². The minimum atomic E-state index is -0.462. The van der Waals surface area contributed by atoms with Crippen LogP contribution in [-0.4, -0.2) is 49.1 Å². The number of ether oxygens (including phenoxy) is 1. The largest absolute Gasteiger partial charge is 0.444 e. The maximum absolute atomic E-state index is 12.5. The van der Waals surface area contributed by atoms with Crippen molar-refractivity contribution in [3.8, 4) is 11.1 Å². The molecule has 3 aromatic rings. The summed E-state index contributed by atoms with van der Waals surface area (Å²) in [4.78, 5) is 14.3. The lowest BCUT2D eigenvalue weighted by Crippen LogP contribution is -2.35. The number of amides is 1. The first-order valence-electron chi connectivity index (χ1n) is 10.4. The van der Waals surface area contributed by atoms with E-state index in [-0.39, 0.29) is 6.09 Å². The summed E-state index contributed by atoms with van der Waals surface area (Å²) in [5.41, 5.74) is 5.37. The minimum Gasteiger partial charge on any atom is -0.444 e. The average molecular weight is 406 g/mol. The molecule has 0 aromatic carbocycles. The third-order valence-electron chi connectivity index (χ3n) is 5.93. The van der Waals surface area contributed by atoms with Gasteiger partial charge in [0.15, 0.2) is 0 Å². The predicted octanol–water partition coefficient (Wildman–Crippen LogP) is 4.01. The third-order valence-corrected chi connectivity index (χ3v) is 5.93. The van der Waals surface area contributed by atoms with Crippen molar-refractivity contribution >= 4 is 17.2 Å². The number of pyridine rings is 1. The maximum atomic E-state index is 12.5. The van der Waals surface area contributed by atoms with Gasteiger partial charge in [0, 0.05) is 55.4 Å². The normalized spacial score (nSPS) is 21.2. The Morgan fingerprint density at radius 3 is 2.70 bits per heavy atom. The third kappa shape index (κ3) is 3.38. The molecule has 7 heteroatoms. The number of carbonyl (C=O) groups excluding carboxylic acids is 1. The molecule has 0 radical (unpaired) electrons. The van der Waals surface area contributed by atoms with E-state index >= 15 is 0 Å². The number of allylic oxidation sites excluding steroid dienone is 1. The average Bonchev–Trinajstić information content (AvgIpc) is 3.41. The molecule has 2 aliphatic rings. The highest BCUT2D eigenvalue weighted by Gasteiger charge is 2.40. The van der Waals surface area contributed by atoms with Gasteiger partial charge >= 0.3 is 6.09 Å². The lowest BCUT2D eigenvalue weighted by atomic mass is 9.97. The molecule has 0 spiro atoms.